The third kappa shape index (κ3) is 3.81. The molecule has 10 nitrogen and oxygen atoms in total. The summed E-state index contributed by atoms with van der Waals surface area (Å²) in [5.41, 5.74) is 10.1. The van der Waals surface area contributed by atoms with Crippen LogP contribution < -0.4 is 11.1 Å². The van der Waals surface area contributed by atoms with Gasteiger partial charge in [0, 0.05) is 12.0 Å². The lowest BCUT2D eigenvalue weighted by Crippen LogP contribution is -2.64. The van der Waals surface area contributed by atoms with E-state index in [0.29, 0.717) is 0 Å². The van der Waals surface area contributed by atoms with E-state index in [2.05, 4.69) is 10.0 Å². The Morgan fingerprint density at radius 2 is 1.82 bits per heavy atom. The van der Waals surface area contributed by atoms with Gasteiger partial charge in [-0.25, -0.2) is 17.6 Å². The van der Waals surface area contributed by atoms with E-state index in [0.717, 1.165) is 7.11 Å². The number of carbonyl (C=O) groups is 1. The van der Waals surface area contributed by atoms with Gasteiger partial charge in [-0.05, 0) is 5.53 Å². The molecule has 5 N–H and O–H groups in total. The number of nitrogen functional groups attached to an aromatic ring is 1. The zero-order chi connectivity index (χ0) is 21.2. The van der Waals surface area contributed by atoms with Crippen LogP contribution in [0.1, 0.15) is 10.4 Å². The number of benzene rings is 1. The second-order valence-corrected chi connectivity index (χ2v) is 5.72. The van der Waals surface area contributed by atoms with Crippen LogP contribution in [0.2, 0.25) is 0 Å². The van der Waals surface area contributed by atoms with Crippen LogP contribution >= 0.6 is 0 Å². The summed E-state index contributed by atoms with van der Waals surface area (Å²) in [5.74, 6) is -9.69. The summed E-state index contributed by atoms with van der Waals surface area (Å²) in [7, 11) is 1.09. The van der Waals surface area contributed by atoms with E-state index in [1.807, 2.05) is 5.32 Å². The molecule has 0 aliphatic carbocycles. The Kier molecular flexibility index (Phi) is 6.64. The molecule has 2 unspecified atom stereocenters. The molecular formula is C14H15F4N5O5. The number of halogens is 4. The predicted octanol–water partition coefficient (Wildman–Crippen LogP) is 0.327. The zero-order valence-electron chi connectivity index (χ0n) is 14.1. The van der Waals surface area contributed by atoms with Crippen molar-refractivity contribution in [2.24, 2.45) is 5.11 Å². The summed E-state index contributed by atoms with van der Waals surface area (Å²) in [6.45, 7) is -0.396. The van der Waals surface area contributed by atoms with Gasteiger partial charge >= 0.3 is 0 Å². The van der Waals surface area contributed by atoms with E-state index in [4.69, 9.17) is 20.7 Å². The molecule has 14 heteroatoms. The van der Waals surface area contributed by atoms with E-state index >= 15 is 0 Å². The molecule has 5 atom stereocenters. The summed E-state index contributed by atoms with van der Waals surface area (Å²) in [4.78, 5) is 14.7. The molecule has 0 saturated carbocycles. The van der Waals surface area contributed by atoms with Gasteiger partial charge in [-0.15, -0.1) is 0 Å². The third-order valence-electron chi connectivity index (χ3n) is 4.08. The number of hydrogen-bond acceptors (Lipinski definition) is 7. The summed E-state index contributed by atoms with van der Waals surface area (Å²) in [6, 6.07) is -1.60. The smallest absolute Gasteiger partial charge is 0.257 e. The predicted molar refractivity (Wildman–Crippen MR) is 83.6 cm³/mol. The molecule has 154 valence electrons. The van der Waals surface area contributed by atoms with Crippen molar-refractivity contribution >= 4 is 11.6 Å². The standard InChI is InChI=1S/C14H15F4N5O5/c1-27-14-10(12(25)11(24)3(28-14)2-21-23-20)22-13(26)4-5(15)7(17)9(19)8(18)6(4)16/h3,10-12,14,24-25H,2,19H2,1H3,(H,22,26)/t3?,10?,11-,12+,14+/m0/s1. The molecule has 1 heterocycles. The van der Waals surface area contributed by atoms with Gasteiger partial charge in [-0.3, -0.25) is 4.79 Å². The van der Waals surface area contributed by atoms with Gasteiger partial charge in [0.2, 0.25) is 0 Å². The van der Waals surface area contributed by atoms with Crippen LogP contribution in [0.3, 0.4) is 0 Å². The molecule has 28 heavy (non-hydrogen) atoms. The fourth-order valence-electron chi connectivity index (χ4n) is 2.63. The fourth-order valence-corrected chi connectivity index (χ4v) is 2.63. The quantitative estimate of drug-likeness (QED) is 0.137. The highest BCUT2D eigenvalue weighted by Crippen LogP contribution is 2.27. The Labute approximate surface area is 154 Å². The molecular weight excluding hydrogens is 394 g/mol. The Balaban J connectivity index is 2.32. The number of methoxy groups -OCH3 is 1. The van der Waals surface area contributed by atoms with Crippen molar-refractivity contribution in [1.29, 1.82) is 0 Å². The Bertz CT molecular complexity index is 791. The fraction of sp³-hybridized carbons (Fsp3) is 0.500. The minimum atomic E-state index is -2.05. The van der Waals surface area contributed by atoms with Crippen LogP contribution in [-0.4, -0.2) is 60.4 Å². The first-order chi connectivity index (χ1) is 13.1. The molecule has 1 aliphatic heterocycles. The monoisotopic (exact) mass is 409 g/mol. The van der Waals surface area contributed by atoms with Gasteiger partial charge in [-0.2, -0.15) is 0 Å². The van der Waals surface area contributed by atoms with Crippen molar-refractivity contribution in [3.63, 3.8) is 0 Å². The average Bonchev–Trinajstić information content (AvgIpc) is 2.68. The highest BCUT2D eigenvalue weighted by molar-refractivity contribution is 5.95. The number of aliphatic hydroxyl groups is 2. The minimum Gasteiger partial charge on any atom is -0.394 e. The number of nitrogens with two attached hydrogens (primary N) is 1. The van der Waals surface area contributed by atoms with Crippen molar-refractivity contribution in [2.75, 3.05) is 19.4 Å². The van der Waals surface area contributed by atoms with Gasteiger partial charge in [0.15, 0.2) is 29.6 Å². The number of nitrogens with zero attached hydrogens (tertiary/aromatic N) is 3. The number of hydrogen-bond donors (Lipinski definition) is 4. The Morgan fingerprint density at radius 3 is 2.32 bits per heavy atom. The lowest BCUT2D eigenvalue weighted by molar-refractivity contribution is -0.252. The van der Waals surface area contributed by atoms with E-state index in [9.17, 15) is 32.6 Å². The van der Waals surface area contributed by atoms with Crippen LogP contribution in [0.4, 0.5) is 23.2 Å². The van der Waals surface area contributed by atoms with Gasteiger partial charge < -0.3 is 30.7 Å². The molecule has 1 fully saturated rings. The van der Waals surface area contributed by atoms with Gasteiger partial charge in [0.05, 0.1) is 12.6 Å². The van der Waals surface area contributed by atoms with Crippen molar-refractivity contribution in [1.82, 2.24) is 5.32 Å². The zero-order valence-corrected chi connectivity index (χ0v) is 14.1. The molecule has 0 radical (unpaired) electrons. The third-order valence-corrected chi connectivity index (χ3v) is 4.08. The van der Waals surface area contributed by atoms with Crippen LogP contribution in [0.25, 0.3) is 10.4 Å². The van der Waals surface area contributed by atoms with Crippen LogP contribution in [0, 0.1) is 23.3 Å². The molecule has 2 rings (SSSR count). The van der Waals surface area contributed by atoms with Crippen molar-refractivity contribution in [3.05, 3.63) is 39.3 Å². The first-order valence-electron chi connectivity index (χ1n) is 7.63. The Hall–Kier alpha value is -2.64. The van der Waals surface area contributed by atoms with Crippen molar-refractivity contribution in [3.8, 4) is 0 Å². The summed E-state index contributed by atoms with van der Waals surface area (Å²) >= 11 is 0. The highest BCUT2D eigenvalue weighted by atomic mass is 19.2. The molecule has 0 aromatic heterocycles. The maximum atomic E-state index is 13.9. The lowest BCUT2D eigenvalue weighted by atomic mass is 9.96. The topological polar surface area (TPSA) is 163 Å². The number of nitrogens with one attached hydrogen (secondary N) is 1. The first kappa shape index (κ1) is 21.7. The maximum absolute atomic E-state index is 13.9. The molecule has 1 aromatic carbocycles. The molecule has 1 aliphatic rings. The van der Waals surface area contributed by atoms with Crippen molar-refractivity contribution < 1.29 is 42.0 Å². The van der Waals surface area contributed by atoms with Gasteiger partial charge in [0.25, 0.3) is 5.91 Å². The molecule has 0 spiro atoms. The van der Waals surface area contributed by atoms with E-state index in [-0.39, 0.29) is 0 Å². The van der Waals surface area contributed by atoms with Gasteiger partial charge in [-0.1, -0.05) is 5.11 Å². The number of amides is 1. The van der Waals surface area contributed by atoms with Crippen LogP contribution in [0.5, 0.6) is 0 Å². The second kappa shape index (κ2) is 8.58. The summed E-state index contributed by atoms with van der Waals surface area (Å²) < 4.78 is 65.1. The lowest BCUT2D eigenvalue weighted by Gasteiger charge is -2.42. The number of anilines is 1. The molecule has 1 saturated heterocycles. The highest BCUT2D eigenvalue weighted by Gasteiger charge is 2.45. The minimum absolute atomic E-state index is 0.396. The van der Waals surface area contributed by atoms with E-state index in [1.165, 1.54) is 0 Å². The maximum Gasteiger partial charge on any atom is 0.257 e. The second-order valence-electron chi connectivity index (χ2n) is 5.72. The summed E-state index contributed by atoms with van der Waals surface area (Å²) in [5, 5.41) is 25.3. The number of carbonyl (C=O) groups excluding carboxylic acids is 1. The molecule has 1 amide bonds. The normalized spacial score (nSPS) is 27.2. The Morgan fingerprint density at radius 1 is 1.25 bits per heavy atom. The average molecular weight is 409 g/mol. The largest absolute Gasteiger partial charge is 0.394 e. The SMILES string of the molecule is CO[C@@H]1OC(CN=[N+]=[N-])[C@H](O)[C@H](O)C1NC(=O)c1c(F)c(F)c(N)c(F)c1F. The van der Waals surface area contributed by atoms with Crippen LogP contribution in [0.15, 0.2) is 5.11 Å². The number of azide groups is 1. The number of aliphatic hydroxyl groups excluding tert-OH is 2. The molecule has 1 aromatic rings. The number of rotatable bonds is 5. The van der Waals surface area contributed by atoms with Crippen molar-refractivity contribution in [2.45, 2.75) is 30.6 Å². The number of ether oxygens (including phenoxy) is 2. The van der Waals surface area contributed by atoms with Crippen LogP contribution in [-0.2, 0) is 9.47 Å². The molecule has 0 bridgehead atoms. The van der Waals surface area contributed by atoms with E-state index in [1.54, 1.807) is 0 Å². The van der Waals surface area contributed by atoms with E-state index < -0.39 is 77.6 Å². The first-order valence-corrected chi connectivity index (χ1v) is 7.63. The summed E-state index contributed by atoms with van der Waals surface area (Å²) in [6.07, 6.45) is -6.19. The van der Waals surface area contributed by atoms with Gasteiger partial charge in [0.1, 0.15) is 29.5 Å².